The van der Waals surface area contributed by atoms with Crippen molar-refractivity contribution in [3.05, 3.63) is 62.5 Å². The zero-order valence-electron chi connectivity index (χ0n) is 23.7. The van der Waals surface area contributed by atoms with Crippen LogP contribution in [-0.2, 0) is 34.9 Å². The normalized spacial score (nSPS) is 19.6. The molecule has 225 valence electrons. The Morgan fingerprint density at radius 1 is 1.10 bits per heavy atom. The van der Waals surface area contributed by atoms with Gasteiger partial charge in [-0.25, -0.2) is 13.2 Å². The minimum absolute atomic E-state index is 0. The van der Waals surface area contributed by atoms with E-state index in [0.717, 1.165) is 25.0 Å². The number of urea groups is 1. The molecular formula is C28H40IrN5O4S2-3. The van der Waals surface area contributed by atoms with Crippen molar-refractivity contribution >= 4 is 39.4 Å². The van der Waals surface area contributed by atoms with Crippen LogP contribution < -0.4 is 16.0 Å². The first-order valence-electron chi connectivity index (χ1n) is 13.3. The third kappa shape index (κ3) is 8.84. The second-order valence-electron chi connectivity index (χ2n) is 10.1. The summed E-state index contributed by atoms with van der Waals surface area (Å²) in [7, 11) is -3.74. The molecule has 2 heterocycles. The number of fused-ring (bicyclic) bond motifs is 1. The predicted molar refractivity (Wildman–Crippen MR) is 159 cm³/mol. The largest absolute Gasteiger partial charge is 0.679 e. The molecule has 1 radical (unpaired) electrons. The topological polar surface area (TPSA) is 142 Å². The molecule has 2 aliphatic rings. The number of sulfonamides is 1. The summed E-state index contributed by atoms with van der Waals surface area (Å²) in [4.78, 5) is 23.5. The molecule has 0 aromatic heterocycles. The Morgan fingerprint density at radius 2 is 1.73 bits per heavy atom. The van der Waals surface area contributed by atoms with E-state index < -0.39 is 10.0 Å². The third-order valence-electron chi connectivity index (χ3n) is 7.70. The molecule has 2 fully saturated rings. The van der Waals surface area contributed by atoms with E-state index in [9.17, 15) is 18.0 Å². The van der Waals surface area contributed by atoms with Crippen LogP contribution in [0.4, 0.5) is 10.5 Å². The number of carbonyl (C=O) groups excluding carboxylic acids is 2. The number of carbonyl (C=O) groups is 2. The van der Waals surface area contributed by atoms with Crippen LogP contribution in [0.25, 0.3) is 10.5 Å². The summed E-state index contributed by atoms with van der Waals surface area (Å²) in [6.07, 6.45) is 2.99. The molecule has 3 amide bonds. The number of nitrogens with zero attached hydrogens (tertiary/aromatic N) is 1. The molecule has 12 heteroatoms. The number of rotatable bonds is 10. The molecule has 4 N–H and O–H groups in total. The van der Waals surface area contributed by atoms with Crippen molar-refractivity contribution in [1.29, 1.82) is 0 Å². The summed E-state index contributed by atoms with van der Waals surface area (Å²) < 4.78 is 27.4. The summed E-state index contributed by atoms with van der Waals surface area (Å²) in [6, 6.07) is 6.18. The molecule has 2 aromatic carbocycles. The summed E-state index contributed by atoms with van der Waals surface area (Å²) in [5.41, 5.74) is 14.9. The molecule has 0 unspecified atom stereocenters. The number of unbranched alkanes of at least 4 members (excludes halogenated alkanes) is 1. The second-order valence-corrected chi connectivity index (χ2v) is 13.1. The fourth-order valence-electron chi connectivity index (χ4n) is 4.85. The number of thioether (sulfide) groups is 1. The van der Waals surface area contributed by atoms with E-state index in [4.69, 9.17) is 5.73 Å². The Labute approximate surface area is 256 Å². The maximum absolute atomic E-state index is 12.1. The van der Waals surface area contributed by atoms with Gasteiger partial charge in [0.05, 0.1) is 12.1 Å². The van der Waals surface area contributed by atoms with E-state index in [1.807, 2.05) is 11.8 Å². The van der Waals surface area contributed by atoms with Gasteiger partial charge in [0.15, 0.2) is 0 Å². The molecule has 0 bridgehead atoms. The van der Waals surface area contributed by atoms with Gasteiger partial charge in [0.2, 0.25) is 5.91 Å². The van der Waals surface area contributed by atoms with Crippen LogP contribution in [0.1, 0.15) is 53.5 Å². The summed E-state index contributed by atoms with van der Waals surface area (Å²) in [5.74, 6) is 0.809. The quantitative estimate of drug-likeness (QED) is 0.169. The predicted octanol–water partition coefficient (Wildman–Crippen LogP) is 5.41. The van der Waals surface area contributed by atoms with E-state index in [-0.39, 0.29) is 62.1 Å². The number of benzene rings is 1. The molecule has 2 saturated heterocycles. The molecule has 9 nitrogen and oxygen atoms in total. The third-order valence-corrected chi connectivity index (χ3v) is 10.6. The number of amides is 3. The van der Waals surface area contributed by atoms with Gasteiger partial charge in [-0.1, -0.05) is 41.0 Å². The standard InChI is InChI=1S/C18H25N5O4S2.C10H15.Ir/c19-9-10-20-29(26,27)13-7-5-12(6-8-13)21-16(24)4-2-1-3-15-17-14(11-28-15)22-18(25)23-17;1-6-7(2)9(4)10(5)8(6)3;/h5-8,14-15,17,19H,1-4,9-11H2,(H,21,24)(H2,22,23,25);1-5H3;/q-2;-1;/t14-,15-,17-;;/m0../s1. The van der Waals surface area contributed by atoms with Crippen LogP contribution in [0.15, 0.2) is 29.2 Å². The van der Waals surface area contributed by atoms with Crippen LogP contribution in [0, 0.1) is 34.6 Å². The average Bonchev–Trinajstić information content (AvgIpc) is 3.51. The Morgan fingerprint density at radius 3 is 2.27 bits per heavy atom. The Bertz CT molecular complexity index is 1180. The minimum Gasteiger partial charge on any atom is -0.679 e. The summed E-state index contributed by atoms with van der Waals surface area (Å²) in [6.45, 7) is 10.8. The summed E-state index contributed by atoms with van der Waals surface area (Å²) >= 11 is 1.86. The average molecular weight is 767 g/mol. The first kappa shape index (κ1) is 34.4. The summed E-state index contributed by atoms with van der Waals surface area (Å²) in [5, 5.41) is 9.04. The molecule has 2 aliphatic heterocycles. The molecule has 40 heavy (non-hydrogen) atoms. The number of anilines is 1. The van der Waals surface area contributed by atoms with E-state index in [0.29, 0.717) is 17.4 Å². The molecule has 0 saturated carbocycles. The van der Waals surface area contributed by atoms with Gasteiger partial charge in [0, 0.05) is 48.1 Å². The van der Waals surface area contributed by atoms with Gasteiger partial charge in [-0.2, -0.15) is 52.7 Å². The zero-order valence-corrected chi connectivity index (χ0v) is 27.7. The maximum Gasteiger partial charge on any atom is 0.315 e. The van der Waals surface area contributed by atoms with Crippen LogP contribution in [0.5, 0.6) is 0 Å². The van der Waals surface area contributed by atoms with Crippen molar-refractivity contribution in [2.75, 3.05) is 24.2 Å². The molecule has 2 aromatic rings. The zero-order chi connectivity index (χ0) is 28.7. The monoisotopic (exact) mass is 767 g/mol. The Hall–Kier alpha value is -1.82. The fraction of sp³-hybridized carbons (Fsp3) is 0.536. The molecule has 0 spiro atoms. The van der Waals surface area contributed by atoms with E-state index in [1.165, 1.54) is 52.1 Å². The van der Waals surface area contributed by atoms with Gasteiger partial charge in [0.1, 0.15) is 10.0 Å². The second kappa shape index (κ2) is 15.4. The van der Waals surface area contributed by atoms with Crippen molar-refractivity contribution < 1.29 is 38.1 Å². The number of hydrogen-bond donors (Lipinski definition) is 3. The van der Waals surface area contributed by atoms with Gasteiger partial charge in [-0.3, -0.25) is 4.79 Å². The van der Waals surface area contributed by atoms with Crippen LogP contribution in [-0.4, -0.2) is 56.5 Å². The fourth-order valence-corrected chi connectivity index (χ4v) is 7.36. The maximum atomic E-state index is 12.1. The van der Waals surface area contributed by atoms with Gasteiger partial charge in [0.25, 0.3) is 0 Å². The molecule has 3 atom stereocenters. The Balaban J connectivity index is 0.000000431. The van der Waals surface area contributed by atoms with Crippen molar-refractivity contribution in [2.24, 2.45) is 0 Å². The van der Waals surface area contributed by atoms with Crippen LogP contribution in [0.3, 0.4) is 0 Å². The van der Waals surface area contributed by atoms with Gasteiger partial charge >= 0.3 is 6.03 Å². The smallest absolute Gasteiger partial charge is 0.315 e. The van der Waals surface area contributed by atoms with Gasteiger partial charge < -0.3 is 26.4 Å². The van der Waals surface area contributed by atoms with Gasteiger partial charge in [-0.05, 0) is 37.1 Å². The SMILES string of the molecule is Cc1c(C)c(C)[c-](C)c1C.[Ir].[NH-]CC[N-]S(=O)(=O)c1ccc(NC(=O)CCCC[C@@H]2SC[C@@H]3NC(=O)N[C@@H]32)cc1. The van der Waals surface area contributed by atoms with Crippen LogP contribution in [0.2, 0.25) is 0 Å². The van der Waals surface area contributed by atoms with Crippen molar-refractivity contribution in [3.8, 4) is 0 Å². The van der Waals surface area contributed by atoms with Crippen molar-refractivity contribution in [1.82, 2.24) is 10.6 Å². The van der Waals surface area contributed by atoms with E-state index in [2.05, 4.69) is 55.3 Å². The number of nitrogens with one attached hydrogen (secondary N) is 4. The Kier molecular flexibility index (Phi) is 13.3. The van der Waals surface area contributed by atoms with E-state index >= 15 is 0 Å². The first-order valence-corrected chi connectivity index (χ1v) is 15.8. The number of hydrogen-bond acceptors (Lipinski definition) is 5. The molecular weight excluding hydrogens is 727 g/mol. The molecule has 0 aliphatic carbocycles. The van der Waals surface area contributed by atoms with Crippen molar-refractivity contribution in [3.63, 3.8) is 0 Å². The van der Waals surface area contributed by atoms with Crippen LogP contribution >= 0.6 is 11.8 Å². The van der Waals surface area contributed by atoms with E-state index in [1.54, 1.807) is 0 Å². The first-order chi connectivity index (χ1) is 18.4. The van der Waals surface area contributed by atoms with Crippen molar-refractivity contribution in [2.45, 2.75) is 82.5 Å². The molecule has 4 rings (SSSR count). The minimum atomic E-state index is -3.74. The van der Waals surface area contributed by atoms with Gasteiger partial charge in [-0.15, -0.1) is 0 Å².